The zero-order chi connectivity index (χ0) is 16.4. The summed E-state index contributed by atoms with van der Waals surface area (Å²) in [5.41, 5.74) is 0.348. The maximum Gasteiger partial charge on any atom is 0.412 e. The van der Waals surface area contributed by atoms with Crippen LogP contribution in [0.4, 0.5) is 10.5 Å². The largest absolute Gasteiger partial charge is 0.478 e. The Labute approximate surface area is 125 Å². The Kier molecular flexibility index (Phi) is 4.66. The van der Waals surface area contributed by atoms with Crippen molar-refractivity contribution in [3.8, 4) is 0 Å². The maximum atomic E-state index is 11.8. The van der Waals surface area contributed by atoms with Crippen LogP contribution in [0.5, 0.6) is 0 Å². The maximum absolute atomic E-state index is 11.8. The van der Waals surface area contributed by atoms with Gasteiger partial charge in [-0.05, 0) is 43.9 Å². The summed E-state index contributed by atoms with van der Waals surface area (Å²) in [5.74, 6) is -1.09. The summed E-state index contributed by atoms with van der Waals surface area (Å²) in [6.07, 6.45) is -0.673. The molecule has 0 aliphatic heterocycles. The number of ether oxygens (including phenoxy) is 1. The molecule has 1 rings (SSSR count). The second kappa shape index (κ2) is 5.76. The van der Waals surface area contributed by atoms with Crippen LogP contribution < -0.4 is 5.32 Å². The Hall–Kier alpha value is -2.04. The molecule has 0 bridgehead atoms. The van der Waals surface area contributed by atoms with Crippen LogP contribution in [-0.2, 0) is 10.2 Å². The average Bonchev–Trinajstić information content (AvgIpc) is 2.24. The normalized spacial score (nSPS) is 11.9. The molecule has 0 unspecified atom stereocenters. The van der Waals surface area contributed by atoms with Crippen LogP contribution in [0.3, 0.4) is 0 Å². The van der Waals surface area contributed by atoms with E-state index in [0.717, 1.165) is 5.56 Å². The highest BCUT2D eigenvalue weighted by molar-refractivity contribution is 5.99. The molecule has 0 aliphatic rings. The van der Waals surface area contributed by atoms with Crippen molar-refractivity contribution in [2.75, 3.05) is 5.32 Å². The van der Waals surface area contributed by atoms with Crippen molar-refractivity contribution in [2.45, 2.75) is 52.6 Å². The van der Waals surface area contributed by atoms with Gasteiger partial charge in [0, 0.05) is 0 Å². The second-order valence-electron chi connectivity index (χ2n) is 6.94. The smallest absolute Gasteiger partial charge is 0.412 e. The molecule has 0 atom stereocenters. The fourth-order valence-corrected chi connectivity index (χ4v) is 1.71. The van der Waals surface area contributed by atoms with Gasteiger partial charge in [0.1, 0.15) is 5.60 Å². The Morgan fingerprint density at radius 1 is 1.10 bits per heavy atom. The number of carbonyl (C=O) groups is 2. The van der Waals surface area contributed by atoms with Gasteiger partial charge in [-0.3, -0.25) is 5.32 Å². The average molecular weight is 293 g/mol. The molecule has 0 aliphatic carbocycles. The SMILES string of the molecule is CC(C)(C)OC(=O)Nc1ccc(C(C)(C)C)cc1C(=O)O. The number of anilines is 1. The third-order valence-corrected chi connectivity index (χ3v) is 2.75. The van der Waals surface area contributed by atoms with E-state index in [9.17, 15) is 14.7 Å². The number of nitrogens with one attached hydrogen (secondary N) is 1. The zero-order valence-electron chi connectivity index (χ0n) is 13.4. The van der Waals surface area contributed by atoms with Crippen molar-refractivity contribution in [2.24, 2.45) is 0 Å². The molecule has 0 saturated carbocycles. The number of amides is 1. The zero-order valence-corrected chi connectivity index (χ0v) is 13.4. The fraction of sp³-hybridized carbons (Fsp3) is 0.500. The van der Waals surface area contributed by atoms with E-state index in [-0.39, 0.29) is 16.7 Å². The van der Waals surface area contributed by atoms with Crippen molar-refractivity contribution >= 4 is 17.7 Å². The van der Waals surface area contributed by atoms with E-state index in [0.29, 0.717) is 0 Å². The van der Waals surface area contributed by atoms with Gasteiger partial charge in [0.15, 0.2) is 0 Å². The molecule has 1 aromatic rings. The molecule has 1 aromatic carbocycles. The number of rotatable bonds is 2. The van der Waals surface area contributed by atoms with Gasteiger partial charge in [0.2, 0.25) is 0 Å². The lowest BCUT2D eigenvalue weighted by molar-refractivity contribution is 0.0636. The molecule has 0 spiro atoms. The summed E-state index contributed by atoms with van der Waals surface area (Å²) in [5, 5.41) is 11.8. The molecule has 21 heavy (non-hydrogen) atoms. The number of carbonyl (C=O) groups excluding carboxylic acids is 1. The van der Waals surface area contributed by atoms with Crippen molar-refractivity contribution in [3.63, 3.8) is 0 Å². The quantitative estimate of drug-likeness (QED) is 0.863. The molecule has 5 heteroatoms. The van der Waals surface area contributed by atoms with Gasteiger partial charge in [-0.1, -0.05) is 26.8 Å². The molecular weight excluding hydrogens is 270 g/mol. The molecule has 2 N–H and O–H groups in total. The van der Waals surface area contributed by atoms with E-state index in [1.165, 1.54) is 0 Å². The van der Waals surface area contributed by atoms with E-state index in [4.69, 9.17) is 4.74 Å². The number of aromatic carboxylic acids is 1. The highest BCUT2D eigenvalue weighted by atomic mass is 16.6. The third-order valence-electron chi connectivity index (χ3n) is 2.75. The summed E-state index contributed by atoms with van der Waals surface area (Å²) >= 11 is 0. The molecule has 0 heterocycles. The van der Waals surface area contributed by atoms with Crippen LogP contribution in [0, 0.1) is 0 Å². The lowest BCUT2D eigenvalue weighted by Gasteiger charge is -2.22. The molecule has 1 amide bonds. The molecule has 5 nitrogen and oxygen atoms in total. The summed E-state index contributed by atoms with van der Waals surface area (Å²) in [6.45, 7) is 11.2. The minimum absolute atomic E-state index is 0.0493. The van der Waals surface area contributed by atoms with Crippen molar-refractivity contribution in [3.05, 3.63) is 29.3 Å². The number of carboxylic acids is 1. The first-order valence-electron chi connectivity index (χ1n) is 6.78. The predicted octanol–water partition coefficient (Wildman–Crippen LogP) is 4.03. The molecule has 116 valence electrons. The first-order chi connectivity index (χ1) is 9.40. The van der Waals surface area contributed by atoms with E-state index >= 15 is 0 Å². The molecule has 0 saturated heterocycles. The number of benzene rings is 1. The van der Waals surface area contributed by atoms with Gasteiger partial charge in [-0.15, -0.1) is 0 Å². The lowest BCUT2D eigenvalue weighted by atomic mass is 9.86. The minimum Gasteiger partial charge on any atom is -0.478 e. The number of hydrogen-bond donors (Lipinski definition) is 2. The monoisotopic (exact) mass is 293 g/mol. The van der Waals surface area contributed by atoms with E-state index < -0.39 is 17.7 Å². The van der Waals surface area contributed by atoms with Crippen molar-refractivity contribution < 1.29 is 19.4 Å². The highest BCUT2D eigenvalue weighted by Gasteiger charge is 2.21. The van der Waals surface area contributed by atoms with E-state index in [2.05, 4.69) is 5.32 Å². The molecule has 0 aromatic heterocycles. The summed E-state index contributed by atoms with van der Waals surface area (Å²) < 4.78 is 5.13. The van der Waals surface area contributed by atoms with Crippen LogP contribution in [0.25, 0.3) is 0 Å². The summed E-state index contributed by atoms with van der Waals surface area (Å²) in [7, 11) is 0. The molecule has 0 radical (unpaired) electrons. The van der Waals surface area contributed by atoms with Crippen LogP contribution in [-0.4, -0.2) is 22.8 Å². The minimum atomic E-state index is -1.09. The van der Waals surface area contributed by atoms with Gasteiger partial charge in [-0.25, -0.2) is 9.59 Å². The van der Waals surface area contributed by atoms with Crippen LogP contribution in [0.2, 0.25) is 0 Å². The highest BCUT2D eigenvalue weighted by Crippen LogP contribution is 2.27. The van der Waals surface area contributed by atoms with Gasteiger partial charge in [0.05, 0.1) is 11.3 Å². The first-order valence-corrected chi connectivity index (χ1v) is 6.78. The second-order valence-corrected chi connectivity index (χ2v) is 6.94. The first kappa shape index (κ1) is 17.0. The number of hydrogen-bond acceptors (Lipinski definition) is 3. The van der Waals surface area contributed by atoms with Gasteiger partial charge in [-0.2, -0.15) is 0 Å². The Balaban J connectivity index is 3.08. The third kappa shape index (κ3) is 5.10. The Morgan fingerprint density at radius 2 is 1.67 bits per heavy atom. The fourth-order valence-electron chi connectivity index (χ4n) is 1.71. The Morgan fingerprint density at radius 3 is 2.10 bits per heavy atom. The summed E-state index contributed by atoms with van der Waals surface area (Å²) in [4.78, 5) is 23.1. The lowest BCUT2D eigenvalue weighted by Crippen LogP contribution is -2.28. The standard InChI is InChI=1S/C16H23NO4/c1-15(2,3)10-7-8-12(11(9-10)13(18)19)17-14(20)21-16(4,5)6/h7-9H,1-6H3,(H,17,20)(H,18,19). The van der Waals surface area contributed by atoms with Crippen molar-refractivity contribution in [1.82, 2.24) is 0 Å². The topological polar surface area (TPSA) is 75.6 Å². The van der Waals surface area contributed by atoms with E-state index in [1.54, 1.807) is 39.0 Å². The predicted molar refractivity (Wildman–Crippen MR) is 82.0 cm³/mol. The van der Waals surface area contributed by atoms with Gasteiger partial charge >= 0.3 is 12.1 Å². The summed E-state index contributed by atoms with van der Waals surface area (Å²) in [6, 6.07) is 4.97. The van der Waals surface area contributed by atoms with Crippen LogP contribution in [0.15, 0.2) is 18.2 Å². The van der Waals surface area contributed by atoms with E-state index in [1.807, 2.05) is 20.8 Å². The molecular formula is C16H23NO4. The molecule has 0 fully saturated rings. The van der Waals surface area contributed by atoms with Gasteiger partial charge in [0.25, 0.3) is 0 Å². The number of carboxylic acid groups (broad SMARTS) is 1. The van der Waals surface area contributed by atoms with Crippen LogP contribution in [0.1, 0.15) is 57.5 Å². The van der Waals surface area contributed by atoms with Crippen molar-refractivity contribution in [1.29, 1.82) is 0 Å². The van der Waals surface area contributed by atoms with Gasteiger partial charge < -0.3 is 9.84 Å². The van der Waals surface area contributed by atoms with Crippen LogP contribution >= 0.6 is 0 Å². The Bertz CT molecular complexity index is 550.